The largest absolute Gasteiger partial charge is 0.480 e. The third kappa shape index (κ3) is 2.27. The van der Waals surface area contributed by atoms with E-state index in [0.29, 0.717) is 28.6 Å². The van der Waals surface area contributed by atoms with Gasteiger partial charge in [-0.2, -0.15) is 0 Å². The summed E-state index contributed by atoms with van der Waals surface area (Å²) in [6.07, 6.45) is 0.621. The molecule has 0 aromatic carbocycles. The van der Waals surface area contributed by atoms with Crippen LogP contribution in [0.4, 0.5) is 0 Å². The number of aryl methyl sites for hydroxylation is 1. The van der Waals surface area contributed by atoms with Crippen LogP contribution in [-0.2, 0) is 11.2 Å². The molecular formula is C9H11N3O3S2. The van der Waals surface area contributed by atoms with Crippen molar-refractivity contribution in [3.05, 3.63) is 10.6 Å². The second-order valence-electron chi connectivity index (χ2n) is 3.53. The normalized spacial score (nSPS) is 19.6. The molecule has 0 saturated carbocycles. The Morgan fingerprint density at radius 3 is 3.00 bits per heavy atom. The number of carboxylic acids is 1. The average Bonchev–Trinajstić information content (AvgIpc) is 2.96. The number of rotatable bonds is 3. The molecule has 1 fully saturated rings. The van der Waals surface area contributed by atoms with Crippen molar-refractivity contribution in [3.8, 4) is 0 Å². The van der Waals surface area contributed by atoms with Crippen LogP contribution in [-0.4, -0.2) is 49.1 Å². The molecular weight excluding hydrogens is 262 g/mol. The predicted molar refractivity (Wildman–Crippen MR) is 64.2 cm³/mol. The minimum absolute atomic E-state index is 0.269. The summed E-state index contributed by atoms with van der Waals surface area (Å²) in [7, 11) is 0. The van der Waals surface area contributed by atoms with Crippen LogP contribution in [0.15, 0.2) is 0 Å². The molecule has 1 unspecified atom stereocenters. The van der Waals surface area contributed by atoms with Crippen LogP contribution in [0.3, 0.4) is 0 Å². The number of carbonyl (C=O) groups excluding carboxylic acids is 1. The summed E-state index contributed by atoms with van der Waals surface area (Å²) in [4.78, 5) is 25.0. The Kier molecular flexibility index (Phi) is 3.63. The van der Waals surface area contributed by atoms with Crippen LogP contribution in [0.25, 0.3) is 0 Å². The first-order valence-electron chi connectivity index (χ1n) is 5.08. The van der Waals surface area contributed by atoms with Crippen molar-refractivity contribution in [1.29, 1.82) is 0 Å². The summed E-state index contributed by atoms with van der Waals surface area (Å²) in [6.45, 7) is 1.89. The van der Waals surface area contributed by atoms with Gasteiger partial charge in [-0.25, -0.2) is 4.79 Å². The molecule has 1 N–H and O–H groups in total. The molecule has 0 spiro atoms. The lowest BCUT2D eigenvalue weighted by molar-refractivity contribution is -0.140. The van der Waals surface area contributed by atoms with Crippen molar-refractivity contribution in [2.24, 2.45) is 0 Å². The van der Waals surface area contributed by atoms with Gasteiger partial charge in [0.2, 0.25) is 0 Å². The van der Waals surface area contributed by atoms with Gasteiger partial charge >= 0.3 is 5.97 Å². The second kappa shape index (κ2) is 5.01. The fourth-order valence-corrected chi connectivity index (χ4v) is 3.43. The smallest absolute Gasteiger partial charge is 0.327 e. The molecule has 1 atom stereocenters. The Hall–Kier alpha value is -1.15. The molecule has 0 radical (unpaired) electrons. The van der Waals surface area contributed by atoms with Crippen LogP contribution in [0.5, 0.6) is 0 Å². The Balaban J connectivity index is 2.23. The molecule has 1 aromatic heterocycles. The highest BCUT2D eigenvalue weighted by atomic mass is 32.2. The molecule has 1 aromatic rings. The molecule has 2 heterocycles. The van der Waals surface area contributed by atoms with Gasteiger partial charge < -0.3 is 10.0 Å². The van der Waals surface area contributed by atoms with E-state index in [0.717, 1.165) is 11.5 Å². The molecule has 1 saturated heterocycles. The molecule has 2 rings (SSSR count). The lowest BCUT2D eigenvalue weighted by Crippen LogP contribution is -2.41. The van der Waals surface area contributed by atoms with E-state index < -0.39 is 12.0 Å². The van der Waals surface area contributed by atoms with Gasteiger partial charge in [0.05, 0.1) is 11.6 Å². The van der Waals surface area contributed by atoms with Crippen molar-refractivity contribution in [2.45, 2.75) is 19.4 Å². The lowest BCUT2D eigenvalue weighted by atomic mass is 10.2. The van der Waals surface area contributed by atoms with E-state index in [9.17, 15) is 9.59 Å². The first-order valence-corrected chi connectivity index (χ1v) is 7.00. The molecule has 8 heteroatoms. The average molecular weight is 273 g/mol. The zero-order chi connectivity index (χ0) is 12.4. The number of aliphatic carboxylic acids is 1. The first-order chi connectivity index (χ1) is 8.15. The summed E-state index contributed by atoms with van der Waals surface area (Å²) in [5.41, 5.74) is 0.640. The Labute approximate surface area is 106 Å². The lowest BCUT2D eigenvalue weighted by Gasteiger charge is -2.19. The van der Waals surface area contributed by atoms with E-state index in [1.54, 1.807) is 0 Å². The number of carboxylic acid groups (broad SMARTS) is 1. The van der Waals surface area contributed by atoms with Crippen LogP contribution in [0.2, 0.25) is 0 Å². The van der Waals surface area contributed by atoms with E-state index in [1.807, 2.05) is 6.92 Å². The molecule has 6 nitrogen and oxygen atoms in total. The Morgan fingerprint density at radius 1 is 1.59 bits per heavy atom. The van der Waals surface area contributed by atoms with E-state index in [4.69, 9.17) is 5.11 Å². The van der Waals surface area contributed by atoms with Gasteiger partial charge in [-0.05, 0) is 18.0 Å². The van der Waals surface area contributed by atoms with Gasteiger partial charge in [0.15, 0.2) is 0 Å². The third-order valence-corrected chi connectivity index (χ3v) is 4.28. The summed E-state index contributed by atoms with van der Waals surface area (Å²) >= 11 is 2.47. The Bertz CT molecular complexity index is 448. The number of carbonyl (C=O) groups is 2. The summed E-state index contributed by atoms with van der Waals surface area (Å²) in [5.74, 6) is -0.376. The van der Waals surface area contributed by atoms with Gasteiger partial charge in [0.1, 0.15) is 10.9 Å². The van der Waals surface area contributed by atoms with Crippen molar-refractivity contribution >= 4 is 35.2 Å². The number of aromatic nitrogens is 2. The second-order valence-corrected chi connectivity index (χ2v) is 5.29. The maximum Gasteiger partial charge on any atom is 0.327 e. The highest BCUT2D eigenvalue weighted by Crippen LogP contribution is 2.25. The third-order valence-electron chi connectivity index (χ3n) is 2.51. The fourth-order valence-electron chi connectivity index (χ4n) is 1.58. The maximum absolute atomic E-state index is 12.2. The molecule has 1 aliphatic heterocycles. The van der Waals surface area contributed by atoms with Gasteiger partial charge in [0, 0.05) is 5.75 Å². The highest BCUT2D eigenvalue weighted by molar-refractivity contribution is 7.99. The van der Waals surface area contributed by atoms with E-state index in [-0.39, 0.29) is 5.91 Å². The molecule has 0 bridgehead atoms. The van der Waals surface area contributed by atoms with E-state index >= 15 is 0 Å². The molecule has 92 valence electrons. The fraction of sp³-hybridized carbons (Fsp3) is 0.556. The first kappa shape index (κ1) is 12.3. The van der Waals surface area contributed by atoms with Gasteiger partial charge in [-0.15, -0.1) is 16.9 Å². The van der Waals surface area contributed by atoms with Crippen LogP contribution >= 0.6 is 23.3 Å². The molecule has 0 aliphatic carbocycles. The number of amides is 1. The highest BCUT2D eigenvalue weighted by Gasteiger charge is 2.36. The van der Waals surface area contributed by atoms with Crippen LogP contribution in [0, 0.1) is 0 Å². The zero-order valence-electron chi connectivity index (χ0n) is 9.12. The summed E-state index contributed by atoms with van der Waals surface area (Å²) < 4.78 is 3.75. The SMILES string of the molecule is CCc1nnsc1C(=O)N1CSCC1C(=O)O. The van der Waals surface area contributed by atoms with Gasteiger partial charge in [0.25, 0.3) is 5.91 Å². The zero-order valence-corrected chi connectivity index (χ0v) is 10.8. The molecule has 1 aliphatic rings. The summed E-state index contributed by atoms with van der Waals surface area (Å²) in [5, 5.41) is 12.9. The van der Waals surface area contributed by atoms with Gasteiger partial charge in [-0.1, -0.05) is 11.4 Å². The Morgan fingerprint density at radius 2 is 2.35 bits per heavy atom. The van der Waals surface area contributed by atoms with Crippen LogP contribution < -0.4 is 0 Å². The van der Waals surface area contributed by atoms with Crippen molar-refractivity contribution in [2.75, 3.05) is 11.6 Å². The topological polar surface area (TPSA) is 83.4 Å². The van der Waals surface area contributed by atoms with Crippen molar-refractivity contribution in [3.63, 3.8) is 0 Å². The minimum Gasteiger partial charge on any atom is -0.480 e. The van der Waals surface area contributed by atoms with Crippen LogP contribution in [0.1, 0.15) is 22.3 Å². The maximum atomic E-state index is 12.2. The van der Waals surface area contributed by atoms with Crippen molar-refractivity contribution < 1.29 is 14.7 Å². The number of thioether (sulfide) groups is 1. The van der Waals surface area contributed by atoms with Crippen molar-refractivity contribution in [1.82, 2.24) is 14.5 Å². The number of hydrogen-bond acceptors (Lipinski definition) is 6. The molecule has 1 amide bonds. The minimum atomic E-state index is -0.959. The number of nitrogens with zero attached hydrogens (tertiary/aromatic N) is 3. The van der Waals surface area contributed by atoms with E-state index in [1.165, 1.54) is 16.7 Å². The quantitative estimate of drug-likeness (QED) is 0.873. The standard InChI is InChI=1S/C9H11N3O3S2/c1-2-5-7(17-11-10-5)8(13)12-4-16-3-6(12)9(14)15/h6H,2-4H2,1H3,(H,14,15). The number of hydrogen-bond donors (Lipinski definition) is 1. The van der Waals surface area contributed by atoms with Gasteiger partial charge in [-0.3, -0.25) is 4.79 Å². The summed E-state index contributed by atoms with van der Waals surface area (Å²) in [6, 6.07) is -0.737. The molecule has 17 heavy (non-hydrogen) atoms. The van der Waals surface area contributed by atoms with E-state index in [2.05, 4.69) is 9.59 Å². The monoisotopic (exact) mass is 273 g/mol. The predicted octanol–water partition coefficient (Wildman–Crippen LogP) is 0.700.